The SMILES string of the molecule is CNc1ccccc1/N=C\Cc1ccc(C2=CC(C)C(c3ccccc3)C=C2)cc1. The van der Waals surface area contributed by atoms with Crippen LogP contribution in [0.15, 0.2) is 102 Å². The molecule has 0 fully saturated rings. The van der Waals surface area contributed by atoms with Crippen molar-refractivity contribution in [1.29, 1.82) is 0 Å². The zero-order valence-corrected chi connectivity index (χ0v) is 17.6. The second-order valence-corrected chi connectivity index (χ2v) is 7.76. The molecule has 4 rings (SSSR count). The quantitative estimate of drug-likeness (QED) is 0.447. The highest BCUT2D eigenvalue weighted by Crippen LogP contribution is 2.34. The first-order valence-corrected chi connectivity index (χ1v) is 10.6. The lowest BCUT2D eigenvalue weighted by Gasteiger charge is -2.23. The molecule has 0 heterocycles. The van der Waals surface area contributed by atoms with E-state index in [1.165, 1.54) is 22.3 Å². The molecular weight excluding hydrogens is 364 g/mol. The monoisotopic (exact) mass is 392 g/mol. The molecule has 0 aliphatic heterocycles. The molecule has 150 valence electrons. The number of hydrogen-bond acceptors (Lipinski definition) is 2. The van der Waals surface area contributed by atoms with Crippen LogP contribution in [0, 0.1) is 5.92 Å². The van der Waals surface area contributed by atoms with Crippen LogP contribution < -0.4 is 5.32 Å². The van der Waals surface area contributed by atoms with Crippen LogP contribution in [0.2, 0.25) is 0 Å². The van der Waals surface area contributed by atoms with Gasteiger partial charge in [-0.15, -0.1) is 0 Å². The second-order valence-electron chi connectivity index (χ2n) is 7.76. The fourth-order valence-corrected chi connectivity index (χ4v) is 3.99. The van der Waals surface area contributed by atoms with Crippen molar-refractivity contribution in [3.63, 3.8) is 0 Å². The van der Waals surface area contributed by atoms with E-state index in [0.29, 0.717) is 11.8 Å². The van der Waals surface area contributed by atoms with E-state index in [9.17, 15) is 0 Å². The Bertz CT molecular complexity index is 1060. The molecule has 0 spiro atoms. The first kappa shape index (κ1) is 19.9. The topological polar surface area (TPSA) is 24.4 Å². The highest BCUT2D eigenvalue weighted by atomic mass is 14.9. The third-order valence-electron chi connectivity index (χ3n) is 5.69. The van der Waals surface area contributed by atoms with E-state index < -0.39 is 0 Å². The summed E-state index contributed by atoms with van der Waals surface area (Å²) in [6.45, 7) is 2.30. The van der Waals surface area contributed by atoms with E-state index in [2.05, 4.69) is 90.1 Å². The minimum Gasteiger partial charge on any atom is -0.386 e. The lowest BCUT2D eigenvalue weighted by molar-refractivity contribution is 0.638. The smallest absolute Gasteiger partial charge is 0.0857 e. The molecule has 1 aliphatic rings. The maximum atomic E-state index is 4.62. The number of anilines is 1. The van der Waals surface area contributed by atoms with Crippen molar-refractivity contribution in [1.82, 2.24) is 0 Å². The van der Waals surface area contributed by atoms with Gasteiger partial charge < -0.3 is 5.32 Å². The summed E-state index contributed by atoms with van der Waals surface area (Å²) in [4.78, 5) is 4.62. The van der Waals surface area contributed by atoms with Gasteiger partial charge in [0, 0.05) is 25.6 Å². The summed E-state index contributed by atoms with van der Waals surface area (Å²) in [6, 6.07) is 27.7. The average molecular weight is 393 g/mol. The van der Waals surface area contributed by atoms with Gasteiger partial charge in [0.2, 0.25) is 0 Å². The molecular formula is C28H28N2. The van der Waals surface area contributed by atoms with Crippen LogP contribution >= 0.6 is 0 Å². The predicted octanol–water partition coefficient (Wildman–Crippen LogP) is 7.05. The summed E-state index contributed by atoms with van der Waals surface area (Å²) in [7, 11) is 1.92. The van der Waals surface area contributed by atoms with Crippen molar-refractivity contribution < 1.29 is 0 Å². The van der Waals surface area contributed by atoms with Crippen molar-refractivity contribution in [2.24, 2.45) is 10.9 Å². The van der Waals surface area contributed by atoms with Crippen LogP contribution in [0.3, 0.4) is 0 Å². The number of allylic oxidation sites excluding steroid dienone is 4. The van der Waals surface area contributed by atoms with Gasteiger partial charge in [-0.2, -0.15) is 0 Å². The van der Waals surface area contributed by atoms with Crippen LogP contribution in [0.5, 0.6) is 0 Å². The largest absolute Gasteiger partial charge is 0.386 e. The number of rotatable bonds is 6. The number of para-hydroxylation sites is 2. The Morgan fingerprint density at radius 3 is 2.37 bits per heavy atom. The highest BCUT2D eigenvalue weighted by Gasteiger charge is 2.18. The van der Waals surface area contributed by atoms with Gasteiger partial charge >= 0.3 is 0 Å². The molecule has 2 atom stereocenters. The second kappa shape index (κ2) is 9.41. The van der Waals surface area contributed by atoms with Crippen LogP contribution in [0.25, 0.3) is 5.57 Å². The molecule has 2 nitrogen and oxygen atoms in total. The van der Waals surface area contributed by atoms with Crippen LogP contribution in [0.1, 0.15) is 29.5 Å². The fourth-order valence-electron chi connectivity index (χ4n) is 3.99. The van der Waals surface area contributed by atoms with Gasteiger partial charge in [0.1, 0.15) is 0 Å². The number of nitrogens with one attached hydrogen (secondary N) is 1. The van der Waals surface area contributed by atoms with Crippen LogP contribution in [-0.4, -0.2) is 13.3 Å². The Kier molecular flexibility index (Phi) is 6.24. The molecule has 0 amide bonds. The van der Waals surface area contributed by atoms with E-state index in [-0.39, 0.29) is 0 Å². The van der Waals surface area contributed by atoms with E-state index >= 15 is 0 Å². The first-order valence-electron chi connectivity index (χ1n) is 10.6. The van der Waals surface area contributed by atoms with Crippen molar-refractivity contribution in [3.8, 4) is 0 Å². The van der Waals surface area contributed by atoms with Gasteiger partial charge in [0.15, 0.2) is 0 Å². The third-order valence-corrected chi connectivity index (χ3v) is 5.69. The zero-order valence-electron chi connectivity index (χ0n) is 17.6. The molecule has 0 bridgehead atoms. The van der Waals surface area contributed by atoms with Crippen molar-refractivity contribution in [3.05, 3.63) is 114 Å². The summed E-state index contributed by atoms with van der Waals surface area (Å²) < 4.78 is 0. The molecule has 1 N–H and O–H groups in total. The van der Waals surface area contributed by atoms with Gasteiger partial charge in [-0.3, -0.25) is 4.99 Å². The third kappa shape index (κ3) is 4.60. The maximum Gasteiger partial charge on any atom is 0.0857 e. The maximum absolute atomic E-state index is 4.62. The Hall–Kier alpha value is -3.39. The lowest BCUT2D eigenvalue weighted by atomic mass is 9.81. The predicted molar refractivity (Wildman–Crippen MR) is 130 cm³/mol. The minimum absolute atomic E-state index is 0.450. The van der Waals surface area contributed by atoms with Gasteiger partial charge in [-0.1, -0.05) is 91.9 Å². The van der Waals surface area contributed by atoms with Gasteiger partial charge in [0.05, 0.1) is 11.4 Å². The van der Waals surface area contributed by atoms with Gasteiger partial charge in [-0.05, 0) is 40.3 Å². The van der Waals surface area contributed by atoms with E-state index in [0.717, 1.165) is 17.8 Å². The molecule has 3 aromatic carbocycles. The average Bonchev–Trinajstić information content (AvgIpc) is 2.80. The van der Waals surface area contributed by atoms with E-state index in [4.69, 9.17) is 0 Å². The van der Waals surface area contributed by atoms with Crippen molar-refractivity contribution in [2.45, 2.75) is 19.3 Å². The Balaban J connectivity index is 1.41. The Morgan fingerprint density at radius 1 is 0.900 bits per heavy atom. The highest BCUT2D eigenvalue weighted by molar-refractivity contribution is 5.77. The Morgan fingerprint density at radius 2 is 1.63 bits per heavy atom. The van der Waals surface area contributed by atoms with Crippen LogP contribution in [-0.2, 0) is 6.42 Å². The van der Waals surface area contributed by atoms with E-state index in [1.54, 1.807) is 0 Å². The van der Waals surface area contributed by atoms with Crippen LogP contribution in [0.4, 0.5) is 11.4 Å². The molecule has 0 aromatic heterocycles. The number of benzene rings is 3. The standard InChI is InChI=1S/C28H28N2/c1-21-20-25(16-17-26(21)24-8-4-3-5-9-24)23-14-12-22(13-15-23)18-19-30-28-11-7-6-10-27(28)29-2/h3-17,19-21,26,29H,18H2,1-2H3/b30-19-. The summed E-state index contributed by atoms with van der Waals surface area (Å²) >= 11 is 0. The minimum atomic E-state index is 0.450. The first-order chi connectivity index (χ1) is 14.7. The van der Waals surface area contributed by atoms with Gasteiger partial charge in [0.25, 0.3) is 0 Å². The van der Waals surface area contributed by atoms with Crippen molar-refractivity contribution in [2.75, 3.05) is 12.4 Å². The van der Waals surface area contributed by atoms with Crippen molar-refractivity contribution >= 4 is 23.2 Å². The zero-order chi connectivity index (χ0) is 20.8. The lowest BCUT2D eigenvalue weighted by Crippen LogP contribution is -2.09. The molecule has 0 radical (unpaired) electrons. The summed E-state index contributed by atoms with van der Waals surface area (Å²) in [5, 5.41) is 3.18. The molecule has 2 heteroatoms. The summed E-state index contributed by atoms with van der Waals surface area (Å²) in [5.74, 6) is 0.928. The molecule has 3 aromatic rings. The molecule has 2 unspecified atom stereocenters. The molecule has 30 heavy (non-hydrogen) atoms. The normalized spacial score (nSPS) is 18.4. The summed E-state index contributed by atoms with van der Waals surface area (Å²) in [5.41, 5.74) is 7.23. The molecule has 0 saturated heterocycles. The molecule has 1 aliphatic carbocycles. The number of nitrogens with zero attached hydrogens (tertiary/aromatic N) is 1. The van der Waals surface area contributed by atoms with E-state index in [1.807, 2.05) is 37.5 Å². The molecule has 0 saturated carbocycles. The number of aliphatic imine (C=N–C) groups is 1. The van der Waals surface area contributed by atoms with Gasteiger partial charge in [-0.25, -0.2) is 0 Å². The summed E-state index contributed by atoms with van der Waals surface area (Å²) in [6.07, 6.45) is 9.80. The number of hydrogen-bond donors (Lipinski definition) is 1. The fraction of sp³-hybridized carbons (Fsp3) is 0.179. The Labute approximate surface area is 179 Å².